The van der Waals surface area contributed by atoms with Crippen LogP contribution in [0.4, 0.5) is 13.2 Å². The minimum Gasteiger partial charge on any atom is -0.490 e. The van der Waals surface area contributed by atoms with E-state index in [0.29, 0.717) is 41.3 Å². The predicted octanol–water partition coefficient (Wildman–Crippen LogP) is 4.62. The molecule has 3 heterocycles. The van der Waals surface area contributed by atoms with Crippen molar-refractivity contribution in [2.24, 2.45) is 5.92 Å². The van der Waals surface area contributed by atoms with Crippen LogP contribution >= 0.6 is 13.5 Å². The molecule has 1 saturated heterocycles. The Morgan fingerprint density at radius 2 is 1.94 bits per heavy atom. The third-order valence-corrected chi connectivity index (χ3v) is 5.56. The molecule has 2 aromatic heterocycles. The van der Waals surface area contributed by atoms with E-state index in [1.807, 2.05) is 6.92 Å². The van der Waals surface area contributed by atoms with Crippen molar-refractivity contribution in [3.05, 3.63) is 51.9 Å². The Labute approximate surface area is 189 Å². The Balaban J connectivity index is 0.00000289. The zero-order valence-corrected chi connectivity index (χ0v) is 18.6. The third kappa shape index (κ3) is 5.07. The largest absolute Gasteiger partial charge is 0.490 e. The Morgan fingerprint density at radius 3 is 2.62 bits per heavy atom. The fourth-order valence-corrected chi connectivity index (χ4v) is 3.80. The van der Waals surface area contributed by atoms with E-state index in [4.69, 9.17) is 9.47 Å². The van der Waals surface area contributed by atoms with Crippen molar-refractivity contribution < 1.29 is 22.6 Å². The van der Waals surface area contributed by atoms with Crippen LogP contribution in [0.25, 0.3) is 22.4 Å². The number of nitrogens with one attached hydrogen (secondary N) is 1. The Morgan fingerprint density at radius 1 is 1.22 bits per heavy atom. The summed E-state index contributed by atoms with van der Waals surface area (Å²) in [7, 11) is 0. The molecule has 1 aromatic carbocycles. The van der Waals surface area contributed by atoms with Gasteiger partial charge in [-0.05, 0) is 62.4 Å². The topological polar surface area (TPSA) is 77.1 Å². The van der Waals surface area contributed by atoms with Gasteiger partial charge in [0.1, 0.15) is 11.4 Å². The maximum Gasteiger partial charge on any atom is 0.416 e. The van der Waals surface area contributed by atoms with Gasteiger partial charge in [-0.25, -0.2) is 4.98 Å². The highest BCUT2D eigenvalue weighted by Crippen LogP contribution is 2.31. The first kappa shape index (κ1) is 24.1. The summed E-state index contributed by atoms with van der Waals surface area (Å²) in [4.78, 5) is 23.6. The summed E-state index contributed by atoms with van der Waals surface area (Å²) in [5.41, 5.74) is -0.300. The van der Waals surface area contributed by atoms with Gasteiger partial charge >= 0.3 is 6.18 Å². The number of rotatable bonds is 4. The number of hydrogen-bond acceptors (Lipinski definition) is 5. The van der Waals surface area contributed by atoms with Gasteiger partial charge in [-0.2, -0.15) is 26.7 Å². The van der Waals surface area contributed by atoms with Crippen LogP contribution in [0.5, 0.6) is 5.75 Å². The number of ether oxygens (including phenoxy) is 2. The van der Waals surface area contributed by atoms with Gasteiger partial charge in [0.15, 0.2) is 5.82 Å². The van der Waals surface area contributed by atoms with Crippen LogP contribution in [0.3, 0.4) is 0 Å². The number of fused-ring (bicyclic) bond motifs is 1. The normalized spacial score (nSPS) is 15.9. The summed E-state index contributed by atoms with van der Waals surface area (Å²) in [6.45, 7) is 5.21. The predicted molar refractivity (Wildman–Crippen MR) is 119 cm³/mol. The molecule has 0 radical (unpaired) electrons. The fraction of sp³-hybridized carbons (Fsp3) is 0.409. The number of halogens is 3. The van der Waals surface area contributed by atoms with Gasteiger partial charge in [0.25, 0.3) is 5.56 Å². The highest BCUT2D eigenvalue weighted by Gasteiger charge is 2.31. The zero-order valence-electron chi connectivity index (χ0n) is 17.6. The number of benzene rings is 1. The number of H-pyrrole nitrogens is 1. The van der Waals surface area contributed by atoms with Crippen molar-refractivity contribution in [3.8, 4) is 17.3 Å². The molecule has 0 spiro atoms. The van der Waals surface area contributed by atoms with Crippen LogP contribution in [-0.2, 0) is 10.9 Å². The molecule has 1 N–H and O–H groups in total. The maximum atomic E-state index is 13.0. The summed E-state index contributed by atoms with van der Waals surface area (Å²) in [5, 5.41) is 0.310. The minimum atomic E-state index is -4.52. The molecule has 1 aliphatic heterocycles. The first-order valence-electron chi connectivity index (χ1n) is 10.0. The lowest BCUT2D eigenvalue weighted by Gasteiger charge is -2.28. The van der Waals surface area contributed by atoms with Gasteiger partial charge in [-0.15, -0.1) is 0 Å². The standard InChI is InChI=1S/C22H22F3N3O3.H2S/c1-12-9-16(31-13(2)14-4-7-30-8-5-14)11-17-19(12)27-20(28-21(17)29)18-10-15(3-6-26-18)22(23,24)25;/h3,6,9-11,13-14H,4-5,7-8H2,1-2H3,(H,27,28,29);1H2/t13-;/m0./s1. The Bertz CT molecular complexity index is 1160. The molecule has 6 nitrogen and oxygen atoms in total. The SMILES string of the molecule is Cc1cc(O[C@@H](C)C2CCOCC2)cc2c(=O)[nH]c(-c3cc(C(F)(F)F)ccn3)nc12.S. The lowest BCUT2D eigenvalue weighted by Crippen LogP contribution is -2.29. The van der Waals surface area contributed by atoms with Gasteiger partial charge in [0.05, 0.1) is 22.6 Å². The number of pyridine rings is 1. The third-order valence-electron chi connectivity index (χ3n) is 5.56. The van der Waals surface area contributed by atoms with Crippen molar-refractivity contribution in [3.63, 3.8) is 0 Å². The first-order valence-corrected chi connectivity index (χ1v) is 10.0. The van der Waals surface area contributed by atoms with Gasteiger partial charge in [-0.1, -0.05) is 0 Å². The van der Waals surface area contributed by atoms with Crippen molar-refractivity contribution in [1.82, 2.24) is 15.0 Å². The van der Waals surface area contributed by atoms with Crippen LogP contribution in [0.2, 0.25) is 0 Å². The Hall–Kier alpha value is -2.59. The highest BCUT2D eigenvalue weighted by atomic mass is 32.1. The second kappa shape index (κ2) is 9.50. The molecule has 0 amide bonds. The number of hydrogen-bond donors (Lipinski definition) is 1. The maximum absolute atomic E-state index is 13.0. The number of aromatic amines is 1. The fourth-order valence-electron chi connectivity index (χ4n) is 3.80. The van der Waals surface area contributed by atoms with E-state index in [2.05, 4.69) is 15.0 Å². The second-order valence-electron chi connectivity index (χ2n) is 7.75. The van der Waals surface area contributed by atoms with Gasteiger partial charge in [0.2, 0.25) is 0 Å². The molecule has 4 rings (SSSR count). The Kier molecular flexibility index (Phi) is 7.14. The minimum absolute atomic E-state index is 0. The quantitative estimate of drug-likeness (QED) is 0.606. The summed E-state index contributed by atoms with van der Waals surface area (Å²) in [6, 6.07) is 5.14. The molecule has 0 bridgehead atoms. The number of alkyl halides is 3. The van der Waals surface area contributed by atoms with Crippen LogP contribution < -0.4 is 10.3 Å². The van der Waals surface area contributed by atoms with E-state index >= 15 is 0 Å². The molecule has 10 heteroatoms. The van der Waals surface area contributed by atoms with Crippen molar-refractivity contribution in [1.29, 1.82) is 0 Å². The lowest BCUT2D eigenvalue weighted by atomic mass is 9.95. The van der Waals surface area contributed by atoms with Crippen molar-refractivity contribution >= 4 is 24.4 Å². The molecule has 0 unspecified atom stereocenters. The molecular weight excluding hydrogens is 443 g/mol. The summed E-state index contributed by atoms with van der Waals surface area (Å²) < 4.78 is 50.5. The van der Waals surface area contributed by atoms with E-state index in [1.54, 1.807) is 19.1 Å². The van der Waals surface area contributed by atoms with Crippen LogP contribution in [0.1, 0.15) is 30.9 Å². The highest BCUT2D eigenvalue weighted by molar-refractivity contribution is 7.59. The van der Waals surface area contributed by atoms with Gasteiger partial charge < -0.3 is 14.5 Å². The lowest BCUT2D eigenvalue weighted by molar-refractivity contribution is -0.137. The summed E-state index contributed by atoms with van der Waals surface area (Å²) >= 11 is 0. The molecule has 32 heavy (non-hydrogen) atoms. The van der Waals surface area contributed by atoms with Gasteiger partial charge in [-0.3, -0.25) is 9.78 Å². The van der Waals surface area contributed by atoms with E-state index < -0.39 is 17.3 Å². The van der Waals surface area contributed by atoms with E-state index in [9.17, 15) is 18.0 Å². The van der Waals surface area contributed by atoms with E-state index in [0.717, 1.165) is 31.2 Å². The smallest absolute Gasteiger partial charge is 0.416 e. The first-order chi connectivity index (χ1) is 14.7. The average Bonchev–Trinajstić information content (AvgIpc) is 2.74. The van der Waals surface area contributed by atoms with Crippen LogP contribution in [-0.4, -0.2) is 34.3 Å². The summed E-state index contributed by atoms with van der Waals surface area (Å²) in [6.07, 6.45) is -1.67. The van der Waals surface area contributed by atoms with Crippen molar-refractivity contribution in [2.45, 2.75) is 39.0 Å². The second-order valence-corrected chi connectivity index (χ2v) is 7.75. The molecule has 3 aromatic rings. The van der Waals surface area contributed by atoms with Crippen molar-refractivity contribution in [2.75, 3.05) is 13.2 Å². The van der Waals surface area contributed by atoms with Crippen LogP contribution in [0, 0.1) is 12.8 Å². The van der Waals surface area contributed by atoms with E-state index in [-0.39, 0.29) is 31.1 Å². The monoisotopic (exact) mass is 467 g/mol. The molecule has 1 atom stereocenters. The number of aryl methyl sites for hydroxylation is 1. The number of nitrogens with zero attached hydrogens (tertiary/aromatic N) is 2. The molecule has 0 aliphatic carbocycles. The molecule has 0 saturated carbocycles. The molecule has 1 aliphatic rings. The molecule has 172 valence electrons. The van der Waals surface area contributed by atoms with Gasteiger partial charge in [0, 0.05) is 19.4 Å². The van der Waals surface area contributed by atoms with E-state index in [1.165, 1.54) is 0 Å². The summed E-state index contributed by atoms with van der Waals surface area (Å²) in [5.74, 6) is 0.910. The zero-order chi connectivity index (χ0) is 22.2. The average molecular weight is 468 g/mol. The van der Waals surface area contributed by atoms with Crippen LogP contribution in [0.15, 0.2) is 35.3 Å². The molecular formula is C22H24F3N3O3S. The number of aromatic nitrogens is 3. The molecule has 1 fully saturated rings.